The number of anilines is 1. The van der Waals surface area contributed by atoms with E-state index in [4.69, 9.17) is 9.84 Å². The number of para-hydroxylation sites is 2. The monoisotopic (exact) mass is 363 g/mol. The molecule has 2 amide bonds. The molecule has 0 fully saturated rings. The first kappa shape index (κ1) is 19.6. The van der Waals surface area contributed by atoms with Crippen molar-refractivity contribution >= 4 is 23.5 Å². The van der Waals surface area contributed by atoms with E-state index < -0.39 is 24.5 Å². The van der Waals surface area contributed by atoms with Gasteiger partial charge in [-0.25, -0.2) is 0 Å². The fourth-order valence-electron chi connectivity index (χ4n) is 2.78. The standard InChI is InChI=1S/C18H25N3O5/c1-3-12(4-2)20-18(25)15-10-21(11-16(22)19-9-17(23)24)13-7-5-6-8-14(13)26-15/h5-8,12,15H,3-4,9-11H2,1-2H3,(H,19,22)(H,20,25)(H,23,24). The Morgan fingerprint density at radius 2 is 1.96 bits per heavy atom. The quantitative estimate of drug-likeness (QED) is 0.629. The van der Waals surface area contributed by atoms with Crippen molar-refractivity contribution in [3.8, 4) is 5.75 Å². The van der Waals surface area contributed by atoms with Crippen molar-refractivity contribution in [2.45, 2.75) is 38.8 Å². The minimum Gasteiger partial charge on any atom is -0.480 e. The molecule has 142 valence electrons. The highest BCUT2D eigenvalue weighted by atomic mass is 16.5. The molecule has 8 heteroatoms. The van der Waals surface area contributed by atoms with Crippen molar-refractivity contribution < 1.29 is 24.2 Å². The number of carboxylic acid groups (broad SMARTS) is 1. The smallest absolute Gasteiger partial charge is 0.322 e. The normalized spacial score (nSPS) is 15.8. The van der Waals surface area contributed by atoms with Crippen LogP contribution >= 0.6 is 0 Å². The average molecular weight is 363 g/mol. The maximum atomic E-state index is 12.5. The van der Waals surface area contributed by atoms with E-state index in [2.05, 4.69) is 10.6 Å². The minimum atomic E-state index is -1.11. The number of hydrogen-bond acceptors (Lipinski definition) is 5. The number of nitrogens with one attached hydrogen (secondary N) is 2. The maximum absolute atomic E-state index is 12.5. The van der Waals surface area contributed by atoms with Crippen LogP contribution in [0.1, 0.15) is 26.7 Å². The molecule has 1 aromatic carbocycles. The number of carbonyl (C=O) groups is 3. The first-order valence-corrected chi connectivity index (χ1v) is 8.74. The Morgan fingerprint density at radius 3 is 2.62 bits per heavy atom. The second kappa shape index (κ2) is 9.07. The van der Waals surface area contributed by atoms with Gasteiger partial charge in [0.25, 0.3) is 5.91 Å². The van der Waals surface area contributed by atoms with E-state index in [0.717, 1.165) is 12.8 Å². The van der Waals surface area contributed by atoms with Crippen LogP contribution in [-0.4, -0.2) is 54.7 Å². The number of aliphatic carboxylic acids is 1. The number of fused-ring (bicyclic) bond motifs is 1. The lowest BCUT2D eigenvalue weighted by atomic mass is 10.1. The van der Waals surface area contributed by atoms with Gasteiger partial charge in [0.05, 0.1) is 18.8 Å². The molecule has 2 rings (SSSR count). The van der Waals surface area contributed by atoms with Gasteiger partial charge in [0, 0.05) is 6.04 Å². The third kappa shape index (κ3) is 5.11. The third-order valence-corrected chi connectivity index (χ3v) is 4.26. The summed E-state index contributed by atoms with van der Waals surface area (Å²) in [6.07, 6.45) is 0.914. The molecule has 0 aromatic heterocycles. The van der Waals surface area contributed by atoms with E-state index in [0.29, 0.717) is 11.4 Å². The summed E-state index contributed by atoms with van der Waals surface area (Å²) in [7, 11) is 0. The van der Waals surface area contributed by atoms with E-state index >= 15 is 0 Å². The van der Waals surface area contributed by atoms with Crippen LogP contribution in [0.2, 0.25) is 0 Å². The van der Waals surface area contributed by atoms with Crippen LogP contribution < -0.4 is 20.3 Å². The van der Waals surface area contributed by atoms with E-state index in [-0.39, 0.29) is 25.0 Å². The molecule has 0 radical (unpaired) electrons. The van der Waals surface area contributed by atoms with Crippen molar-refractivity contribution in [2.24, 2.45) is 0 Å². The summed E-state index contributed by atoms with van der Waals surface area (Å²) in [5.74, 6) is -1.23. The van der Waals surface area contributed by atoms with Gasteiger partial charge in [0.2, 0.25) is 5.91 Å². The Labute approximate surface area is 152 Å². The molecule has 1 aromatic rings. The molecule has 1 aliphatic rings. The van der Waals surface area contributed by atoms with Crippen LogP contribution in [0.5, 0.6) is 5.75 Å². The molecule has 0 spiro atoms. The van der Waals surface area contributed by atoms with Crippen molar-refractivity contribution in [3.05, 3.63) is 24.3 Å². The maximum Gasteiger partial charge on any atom is 0.322 e. The molecule has 1 atom stereocenters. The Kier molecular flexibility index (Phi) is 6.82. The first-order chi connectivity index (χ1) is 12.4. The number of hydrogen-bond donors (Lipinski definition) is 3. The molecule has 0 saturated carbocycles. The summed E-state index contributed by atoms with van der Waals surface area (Å²) in [4.78, 5) is 36.9. The minimum absolute atomic E-state index is 0.0532. The molecule has 1 aliphatic heterocycles. The lowest BCUT2D eigenvalue weighted by Crippen LogP contribution is -2.53. The number of benzene rings is 1. The van der Waals surface area contributed by atoms with Crippen LogP contribution in [0, 0.1) is 0 Å². The summed E-state index contributed by atoms with van der Waals surface area (Å²) in [6, 6.07) is 7.23. The Hall–Kier alpha value is -2.77. The average Bonchev–Trinajstić information content (AvgIpc) is 2.64. The molecular formula is C18H25N3O5. The van der Waals surface area contributed by atoms with Crippen LogP contribution in [0.15, 0.2) is 24.3 Å². The lowest BCUT2D eigenvalue weighted by molar-refractivity contribution is -0.137. The summed E-state index contributed by atoms with van der Waals surface area (Å²) in [6.45, 7) is 3.73. The van der Waals surface area contributed by atoms with E-state index in [9.17, 15) is 14.4 Å². The van der Waals surface area contributed by atoms with Crippen LogP contribution in [0.4, 0.5) is 5.69 Å². The van der Waals surface area contributed by atoms with Crippen molar-refractivity contribution in [1.82, 2.24) is 10.6 Å². The zero-order valence-electron chi connectivity index (χ0n) is 15.0. The molecule has 1 heterocycles. The number of rotatable bonds is 8. The topological polar surface area (TPSA) is 108 Å². The highest BCUT2D eigenvalue weighted by Gasteiger charge is 2.32. The van der Waals surface area contributed by atoms with Gasteiger partial charge in [-0.05, 0) is 25.0 Å². The Bertz CT molecular complexity index is 660. The highest BCUT2D eigenvalue weighted by molar-refractivity contribution is 5.87. The zero-order valence-corrected chi connectivity index (χ0v) is 15.0. The number of amides is 2. The molecule has 0 saturated heterocycles. The SMILES string of the molecule is CCC(CC)NC(=O)C1CN(CC(=O)NCC(=O)O)c2ccccc2O1. The molecule has 8 nitrogen and oxygen atoms in total. The van der Waals surface area contributed by atoms with Crippen molar-refractivity contribution in [1.29, 1.82) is 0 Å². The van der Waals surface area contributed by atoms with Gasteiger partial charge in [-0.15, -0.1) is 0 Å². The summed E-state index contributed by atoms with van der Waals surface area (Å²) in [5, 5.41) is 14.0. The van der Waals surface area contributed by atoms with Gasteiger partial charge >= 0.3 is 5.97 Å². The van der Waals surface area contributed by atoms with Crippen molar-refractivity contribution in [2.75, 3.05) is 24.5 Å². The van der Waals surface area contributed by atoms with Gasteiger partial charge in [0.15, 0.2) is 6.10 Å². The van der Waals surface area contributed by atoms with Gasteiger partial charge in [-0.3, -0.25) is 14.4 Å². The van der Waals surface area contributed by atoms with Crippen LogP contribution in [0.3, 0.4) is 0 Å². The molecule has 0 bridgehead atoms. The second-order valence-electron chi connectivity index (χ2n) is 6.15. The van der Waals surface area contributed by atoms with E-state index in [1.807, 2.05) is 19.9 Å². The number of carboxylic acids is 1. The van der Waals surface area contributed by atoms with Gasteiger partial charge < -0.3 is 25.4 Å². The second-order valence-corrected chi connectivity index (χ2v) is 6.15. The molecular weight excluding hydrogens is 338 g/mol. The largest absolute Gasteiger partial charge is 0.480 e. The van der Waals surface area contributed by atoms with Gasteiger partial charge in [-0.1, -0.05) is 26.0 Å². The first-order valence-electron chi connectivity index (χ1n) is 8.74. The van der Waals surface area contributed by atoms with E-state index in [1.165, 1.54) is 0 Å². The van der Waals surface area contributed by atoms with Crippen LogP contribution in [-0.2, 0) is 14.4 Å². The third-order valence-electron chi connectivity index (χ3n) is 4.26. The predicted molar refractivity (Wildman–Crippen MR) is 96.2 cm³/mol. The molecule has 1 unspecified atom stereocenters. The van der Waals surface area contributed by atoms with Gasteiger partial charge in [-0.2, -0.15) is 0 Å². The number of nitrogens with zero attached hydrogens (tertiary/aromatic N) is 1. The number of carbonyl (C=O) groups excluding carboxylic acids is 2. The summed E-state index contributed by atoms with van der Waals surface area (Å²) in [5.41, 5.74) is 0.699. The molecule has 0 aliphatic carbocycles. The fraction of sp³-hybridized carbons (Fsp3) is 0.500. The van der Waals surface area contributed by atoms with Crippen molar-refractivity contribution in [3.63, 3.8) is 0 Å². The number of ether oxygens (including phenoxy) is 1. The lowest BCUT2D eigenvalue weighted by Gasteiger charge is -2.35. The molecule has 26 heavy (non-hydrogen) atoms. The highest BCUT2D eigenvalue weighted by Crippen LogP contribution is 2.32. The summed E-state index contributed by atoms with van der Waals surface area (Å²) >= 11 is 0. The predicted octanol–water partition coefficient (Wildman–Crippen LogP) is 0.760. The van der Waals surface area contributed by atoms with Gasteiger partial charge in [0.1, 0.15) is 12.3 Å². The van der Waals surface area contributed by atoms with E-state index in [1.54, 1.807) is 23.1 Å². The fourth-order valence-corrected chi connectivity index (χ4v) is 2.78. The molecule has 3 N–H and O–H groups in total. The Balaban J connectivity index is 2.10. The summed E-state index contributed by atoms with van der Waals surface area (Å²) < 4.78 is 5.81. The Morgan fingerprint density at radius 1 is 1.27 bits per heavy atom. The zero-order chi connectivity index (χ0) is 19.1. The van der Waals surface area contributed by atoms with Crippen LogP contribution in [0.25, 0.3) is 0 Å².